The molecule has 0 radical (unpaired) electrons. The molecule has 2 rings (SSSR count). The van der Waals surface area contributed by atoms with Crippen LogP contribution in [0.4, 0.5) is 0 Å². The first-order valence-corrected chi connectivity index (χ1v) is 7.93. The van der Waals surface area contributed by atoms with E-state index in [9.17, 15) is 4.79 Å². The second-order valence-electron chi connectivity index (χ2n) is 5.19. The Labute approximate surface area is 128 Å². The second kappa shape index (κ2) is 7.24. The van der Waals surface area contributed by atoms with Gasteiger partial charge >= 0.3 is 0 Å². The lowest BCUT2D eigenvalue weighted by Gasteiger charge is -2.32. The van der Waals surface area contributed by atoms with Crippen molar-refractivity contribution in [1.29, 1.82) is 0 Å². The van der Waals surface area contributed by atoms with Crippen molar-refractivity contribution in [1.82, 2.24) is 10.2 Å². The Balaban J connectivity index is 1.84. The first kappa shape index (κ1) is 14.8. The zero-order valence-corrected chi connectivity index (χ0v) is 13.5. The molecule has 0 atom stereocenters. The highest BCUT2D eigenvalue weighted by atomic mass is 127. The standard InChI is InChI=1S/C15H21IN2O/c1-17-11-12-5-7-18(8-6-12)15(19)10-13-3-2-4-14(16)9-13/h2-4,9,12,17H,5-8,10-11H2,1H3. The van der Waals surface area contributed by atoms with Crippen LogP contribution in [0.5, 0.6) is 0 Å². The fourth-order valence-corrected chi connectivity index (χ4v) is 3.22. The van der Waals surface area contributed by atoms with Crippen molar-refractivity contribution >= 4 is 28.5 Å². The summed E-state index contributed by atoms with van der Waals surface area (Å²) in [5, 5.41) is 3.22. The summed E-state index contributed by atoms with van der Waals surface area (Å²) in [6.07, 6.45) is 2.78. The molecule has 1 aliphatic heterocycles. The van der Waals surface area contributed by atoms with E-state index in [-0.39, 0.29) is 5.91 Å². The first-order valence-electron chi connectivity index (χ1n) is 6.86. The third-order valence-corrected chi connectivity index (χ3v) is 4.38. The molecule has 0 bridgehead atoms. The average molecular weight is 372 g/mol. The zero-order valence-electron chi connectivity index (χ0n) is 11.4. The van der Waals surface area contributed by atoms with E-state index in [0.717, 1.165) is 44.0 Å². The van der Waals surface area contributed by atoms with E-state index in [1.54, 1.807) is 0 Å². The van der Waals surface area contributed by atoms with Gasteiger partial charge in [-0.2, -0.15) is 0 Å². The highest BCUT2D eigenvalue weighted by Gasteiger charge is 2.22. The summed E-state index contributed by atoms with van der Waals surface area (Å²) in [4.78, 5) is 14.3. The van der Waals surface area contributed by atoms with E-state index in [2.05, 4.69) is 40.0 Å². The van der Waals surface area contributed by atoms with Crippen molar-refractivity contribution in [3.05, 3.63) is 33.4 Å². The van der Waals surface area contributed by atoms with E-state index >= 15 is 0 Å². The van der Waals surface area contributed by atoms with Gasteiger partial charge in [-0.15, -0.1) is 0 Å². The molecule has 0 aliphatic carbocycles. The summed E-state index contributed by atoms with van der Waals surface area (Å²) in [6, 6.07) is 8.20. The Kier molecular flexibility index (Phi) is 5.63. The summed E-state index contributed by atoms with van der Waals surface area (Å²) in [7, 11) is 1.99. The van der Waals surface area contributed by atoms with E-state index < -0.39 is 0 Å². The van der Waals surface area contributed by atoms with Crippen molar-refractivity contribution in [3.8, 4) is 0 Å². The Hall–Kier alpha value is -0.620. The van der Waals surface area contributed by atoms with Crippen LogP contribution in [0, 0.1) is 9.49 Å². The topological polar surface area (TPSA) is 32.3 Å². The van der Waals surface area contributed by atoms with Crippen molar-refractivity contribution < 1.29 is 4.79 Å². The number of carbonyl (C=O) groups excluding carboxylic acids is 1. The molecule has 1 N–H and O–H groups in total. The second-order valence-corrected chi connectivity index (χ2v) is 6.43. The van der Waals surface area contributed by atoms with Gasteiger partial charge in [0.1, 0.15) is 0 Å². The average Bonchev–Trinajstić information content (AvgIpc) is 2.40. The highest BCUT2D eigenvalue weighted by Crippen LogP contribution is 2.17. The van der Waals surface area contributed by atoms with Crippen LogP contribution in [0.3, 0.4) is 0 Å². The monoisotopic (exact) mass is 372 g/mol. The number of likely N-dealkylation sites (tertiary alicyclic amines) is 1. The van der Waals surface area contributed by atoms with Gasteiger partial charge in [-0.05, 0) is 72.6 Å². The van der Waals surface area contributed by atoms with E-state index in [1.807, 2.05) is 24.1 Å². The third-order valence-electron chi connectivity index (χ3n) is 3.70. The zero-order chi connectivity index (χ0) is 13.7. The molecule has 0 aromatic heterocycles. The minimum atomic E-state index is 0.268. The number of hydrogen-bond donors (Lipinski definition) is 1. The highest BCUT2D eigenvalue weighted by molar-refractivity contribution is 14.1. The van der Waals surface area contributed by atoms with Gasteiger partial charge in [0.25, 0.3) is 0 Å². The van der Waals surface area contributed by atoms with Gasteiger partial charge in [-0.1, -0.05) is 12.1 Å². The molecule has 1 aliphatic rings. The molecule has 0 unspecified atom stereocenters. The van der Waals surface area contributed by atoms with Crippen LogP contribution in [0.1, 0.15) is 18.4 Å². The quantitative estimate of drug-likeness (QED) is 0.823. The number of carbonyl (C=O) groups is 1. The van der Waals surface area contributed by atoms with Crippen LogP contribution in [0.2, 0.25) is 0 Å². The van der Waals surface area contributed by atoms with Crippen LogP contribution >= 0.6 is 22.6 Å². The molecular formula is C15H21IN2O. The van der Waals surface area contributed by atoms with Crippen molar-refractivity contribution in [2.45, 2.75) is 19.3 Å². The van der Waals surface area contributed by atoms with E-state index in [1.165, 1.54) is 3.57 Å². The minimum Gasteiger partial charge on any atom is -0.342 e. The number of benzene rings is 1. The molecule has 19 heavy (non-hydrogen) atoms. The minimum absolute atomic E-state index is 0.268. The lowest BCUT2D eigenvalue weighted by atomic mass is 9.96. The molecule has 0 saturated carbocycles. The number of piperidine rings is 1. The summed E-state index contributed by atoms with van der Waals surface area (Å²) in [5.41, 5.74) is 1.12. The van der Waals surface area contributed by atoms with Crippen LogP contribution in [0.15, 0.2) is 24.3 Å². The van der Waals surface area contributed by atoms with Gasteiger partial charge in [0.15, 0.2) is 0 Å². The first-order chi connectivity index (χ1) is 9.19. The maximum atomic E-state index is 12.3. The van der Waals surface area contributed by atoms with Crippen LogP contribution < -0.4 is 5.32 Å². The van der Waals surface area contributed by atoms with Crippen molar-refractivity contribution in [3.63, 3.8) is 0 Å². The Morgan fingerprint density at radius 3 is 2.79 bits per heavy atom. The molecule has 0 spiro atoms. The summed E-state index contributed by atoms with van der Waals surface area (Å²) < 4.78 is 1.19. The lowest BCUT2D eigenvalue weighted by molar-refractivity contribution is -0.131. The van der Waals surface area contributed by atoms with Gasteiger partial charge in [0, 0.05) is 16.7 Å². The van der Waals surface area contributed by atoms with Gasteiger partial charge in [-0.25, -0.2) is 0 Å². The van der Waals surface area contributed by atoms with Gasteiger partial charge < -0.3 is 10.2 Å². The van der Waals surface area contributed by atoms with E-state index in [0.29, 0.717) is 6.42 Å². The molecule has 104 valence electrons. The normalized spacial score (nSPS) is 16.6. The number of nitrogens with zero attached hydrogens (tertiary/aromatic N) is 1. The van der Waals surface area contributed by atoms with Gasteiger partial charge in [-0.3, -0.25) is 4.79 Å². The van der Waals surface area contributed by atoms with Crippen LogP contribution in [0.25, 0.3) is 0 Å². The third kappa shape index (κ3) is 4.45. The maximum absolute atomic E-state index is 12.3. The number of rotatable bonds is 4. The summed E-state index contributed by atoms with van der Waals surface area (Å²) in [6.45, 7) is 2.89. The predicted molar refractivity (Wildman–Crippen MR) is 86.1 cm³/mol. The van der Waals surface area contributed by atoms with E-state index in [4.69, 9.17) is 0 Å². The molecular weight excluding hydrogens is 351 g/mol. The number of halogens is 1. The largest absolute Gasteiger partial charge is 0.342 e. The van der Waals surface area contributed by atoms with Crippen LogP contribution in [-0.4, -0.2) is 37.5 Å². The Morgan fingerprint density at radius 2 is 2.16 bits per heavy atom. The lowest BCUT2D eigenvalue weighted by Crippen LogP contribution is -2.41. The SMILES string of the molecule is CNCC1CCN(C(=O)Cc2cccc(I)c2)CC1. The van der Waals surface area contributed by atoms with Crippen LogP contribution in [-0.2, 0) is 11.2 Å². The fraction of sp³-hybridized carbons (Fsp3) is 0.533. The molecule has 1 aromatic carbocycles. The maximum Gasteiger partial charge on any atom is 0.226 e. The number of amides is 1. The molecule has 1 fully saturated rings. The molecule has 1 aromatic rings. The number of hydrogen-bond acceptors (Lipinski definition) is 2. The molecule has 1 saturated heterocycles. The number of nitrogens with one attached hydrogen (secondary N) is 1. The fourth-order valence-electron chi connectivity index (χ4n) is 2.61. The molecule has 4 heteroatoms. The Bertz CT molecular complexity index is 428. The van der Waals surface area contributed by atoms with Crippen molar-refractivity contribution in [2.24, 2.45) is 5.92 Å². The summed E-state index contributed by atoms with van der Waals surface area (Å²) >= 11 is 2.29. The van der Waals surface area contributed by atoms with Gasteiger partial charge in [0.05, 0.1) is 6.42 Å². The smallest absolute Gasteiger partial charge is 0.226 e. The predicted octanol–water partition coefficient (Wildman–Crippen LogP) is 2.29. The molecule has 3 nitrogen and oxygen atoms in total. The van der Waals surface area contributed by atoms with Gasteiger partial charge in [0.2, 0.25) is 5.91 Å². The summed E-state index contributed by atoms with van der Waals surface area (Å²) in [5.74, 6) is 0.997. The van der Waals surface area contributed by atoms with Crippen molar-refractivity contribution in [2.75, 3.05) is 26.7 Å². The molecule has 1 amide bonds. The molecule has 1 heterocycles. The Morgan fingerprint density at radius 1 is 1.42 bits per heavy atom.